The number of urea groups is 1. The highest BCUT2D eigenvalue weighted by Gasteiger charge is 2.42. The quantitative estimate of drug-likeness (QED) is 0.863. The zero-order chi connectivity index (χ0) is 17.0. The van der Waals surface area contributed by atoms with Gasteiger partial charge in [0.05, 0.1) is 18.1 Å². The van der Waals surface area contributed by atoms with Gasteiger partial charge in [0.15, 0.2) is 0 Å². The molecule has 0 aromatic heterocycles. The van der Waals surface area contributed by atoms with Gasteiger partial charge >= 0.3 is 12.0 Å². The van der Waals surface area contributed by atoms with Gasteiger partial charge in [-0.2, -0.15) is 0 Å². The third-order valence-corrected chi connectivity index (χ3v) is 4.39. The Morgan fingerprint density at radius 1 is 1.52 bits per heavy atom. The Bertz CT molecular complexity index is 595. The van der Waals surface area contributed by atoms with Crippen LogP contribution in [0.5, 0.6) is 0 Å². The van der Waals surface area contributed by atoms with Crippen LogP contribution in [0.1, 0.15) is 24.9 Å². The van der Waals surface area contributed by atoms with E-state index in [-0.39, 0.29) is 18.6 Å². The Kier molecular flexibility index (Phi) is 5.49. The number of hydrogen-bond donors (Lipinski definition) is 2. The van der Waals surface area contributed by atoms with E-state index in [1.54, 1.807) is 26.2 Å². The Morgan fingerprint density at radius 3 is 2.83 bits per heavy atom. The monoisotopic (exact) mass is 340 g/mol. The van der Waals surface area contributed by atoms with Crippen molar-refractivity contribution in [3.8, 4) is 0 Å². The number of amides is 2. The van der Waals surface area contributed by atoms with E-state index < -0.39 is 11.4 Å². The lowest BCUT2D eigenvalue weighted by molar-refractivity contribution is -0.147. The molecule has 2 rings (SSSR count). The first-order valence-electron chi connectivity index (χ1n) is 7.39. The first kappa shape index (κ1) is 17.6. The number of likely N-dealkylation sites (tertiary alicyclic amines) is 1. The molecule has 0 bridgehead atoms. The molecule has 0 spiro atoms. The standard InChI is InChI=1S/C16H21ClN2O4/c1-16(14(20)21)6-7-19(10-16)15(22)18-13(9-23-2)11-4-3-5-12(17)8-11/h3-5,8,13H,6-7,9-10H2,1-2H3,(H,18,22)(H,20,21). The SMILES string of the molecule is COCC(NC(=O)N1CCC(C)(C(=O)O)C1)c1cccc(Cl)c1. The summed E-state index contributed by atoms with van der Waals surface area (Å²) in [6.07, 6.45) is 0.446. The van der Waals surface area contributed by atoms with Crippen LogP contribution in [-0.2, 0) is 9.53 Å². The number of carboxylic acid groups (broad SMARTS) is 1. The predicted octanol–water partition coefficient (Wildman–Crippen LogP) is 2.53. The van der Waals surface area contributed by atoms with Gasteiger partial charge in [0.25, 0.3) is 0 Å². The van der Waals surface area contributed by atoms with Crippen molar-refractivity contribution in [2.75, 3.05) is 26.8 Å². The molecule has 1 aromatic carbocycles. The van der Waals surface area contributed by atoms with E-state index in [9.17, 15) is 14.7 Å². The first-order valence-corrected chi connectivity index (χ1v) is 7.77. The fraction of sp³-hybridized carbons (Fsp3) is 0.500. The molecular formula is C16H21ClN2O4. The van der Waals surface area contributed by atoms with E-state index >= 15 is 0 Å². The van der Waals surface area contributed by atoms with E-state index in [4.69, 9.17) is 16.3 Å². The number of methoxy groups -OCH3 is 1. The molecule has 0 saturated carbocycles. The maximum atomic E-state index is 12.4. The van der Waals surface area contributed by atoms with Crippen LogP contribution in [0.2, 0.25) is 5.02 Å². The molecule has 1 aromatic rings. The van der Waals surface area contributed by atoms with E-state index in [1.807, 2.05) is 12.1 Å². The van der Waals surface area contributed by atoms with Gasteiger partial charge in [0, 0.05) is 25.2 Å². The fourth-order valence-electron chi connectivity index (χ4n) is 2.66. The van der Waals surface area contributed by atoms with Gasteiger partial charge in [0.2, 0.25) is 0 Å². The van der Waals surface area contributed by atoms with Crippen LogP contribution >= 0.6 is 11.6 Å². The Balaban J connectivity index is 2.06. The summed E-state index contributed by atoms with van der Waals surface area (Å²) < 4.78 is 5.17. The van der Waals surface area contributed by atoms with E-state index in [0.29, 0.717) is 24.6 Å². The van der Waals surface area contributed by atoms with Crippen molar-refractivity contribution in [2.24, 2.45) is 5.41 Å². The van der Waals surface area contributed by atoms with Gasteiger partial charge in [0.1, 0.15) is 0 Å². The van der Waals surface area contributed by atoms with Gasteiger partial charge < -0.3 is 20.1 Å². The minimum absolute atomic E-state index is 0.198. The molecule has 1 aliphatic heterocycles. The topological polar surface area (TPSA) is 78.9 Å². The van der Waals surface area contributed by atoms with Gasteiger partial charge in [-0.1, -0.05) is 23.7 Å². The maximum absolute atomic E-state index is 12.4. The van der Waals surface area contributed by atoms with Crippen LogP contribution in [-0.4, -0.2) is 48.8 Å². The fourth-order valence-corrected chi connectivity index (χ4v) is 2.86. The van der Waals surface area contributed by atoms with Crippen molar-refractivity contribution >= 4 is 23.6 Å². The summed E-state index contributed by atoms with van der Waals surface area (Å²) in [5.74, 6) is -0.879. The number of halogens is 1. The maximum Gasteiger partial charge on any atom is 0.317 e. The minimum Gasteiger partial charge on any atom is -0.481 e. The normalized spacial score (nSPS) is 22.0. The summed E-state index contributed by atoms with van der Waals surface area (Å²) in [7, 11) is 1.56. The van der Waals surface area contributed by atoms with Gasteiger partial charge in [-0.3, -0.25) is 4.79 Å². The van der Waals surface area contributed by atoms with Crippen molar-refractivity contribution < 1.29 is 19.4 Å². The number of aliphatic carboxylic acids is 1. The Hall–Kier alpha value is -1.79. The van der Waals surface area contributed by atoms with Crippen LogP contribution in [0.4, 0.5) is 4.79 Å². The number of rotatable bonds is 5. The average Bonchev–Trinajstić information content (AvgIpc) is 2.91. The molecule has 1 fully saturated rings. The summed E-state index contributed by atoms with van der Waals surface area (Å²) in [4.78, 5) is 25.2. The lowest BCUT2D eigenvalue weighted by atomic mass is 9.90. The Morgan fingerprint density at radius 2 is 2.26 bits per heavy atom. The number of benzene rings is 1. The van der Waals surface area contributed by atoms with Crippen LogP contribution in [0.25, 0.3) is 0 Å². The zero-order valence-electron chi connectivity index (χ0n) is 13.2. The molecule has 1 heterocycles. The lowest BCUT2D eigenvalue weighted by Gasteiger charge is -2.24. The number of carbonyl (C=O) groups is 2. The molecule has 2 atom stereocenters. The highest BCUT2D eigenvalue weighted by atomic mass is 35.5. The largest absolute Gasteiger partial charge is 0.481 e. The summed E-state index contributed by atoms with van der Waals surface area (Å²) in [6.45, 7) is 2.58. The minimum atomic E-state index is -0.885. The summed E-state index contributed by atoms with van der Waals surface area (Å²) in [5, 5.41) is 12.7. The second-order valence-electron chi connectivity index (χ2n) is 6.05. The smallest absolute Gasteiger partial charge is 0.317 e. The molecule has 0 radical (unpaired) electrons. The van der Waals surface area contributed by atoms with E-state index in [2.05, 4.69) is 5.32 Å². The molecule has 1 saturated heterocycles. The third kappa shape index (κ3) is 4.14. The molecule has 126 valence electrons. The van der Waals surface area contributed by atoms with Gasteiger partial charge in [-0.15, -0.1) is 0 Å². The van der Waals surface area contributed by atoms with Gasteiger partial charge in [-0.05, 0) is 31.0 Å². The number of hydrogen-bond acceptors (Lipinski definition) is 3. The molecule has 7 heteroatoms. The number of carboxylic acids is 1. The second-order valence-corrected chi connectivity index (χ2v) is 6.49. The summed E-state index contributed by atoms with van der Waals surface area (Å²) >= 11 is 6.00. The number of nitrogens with one attached hydrogen (secondary N) is 1. The van der Waals surface area contributed by atoms with Crippen LogP contribution in [0.15, 0.2) is 24.3 Å². The molecule has 2 unspecified atom stereocenters. The van der Waals surface area contributed by atoms with Gasteiger partial charge in [-0.25, -0.2) is 4.79 Å². The lowest BCUT2D eigenvalue weighted by Crippen LogP contribution is -2.43. The zero-order valence-corrected chi connectivity index (χ0v) is 14.0. The molecule has 6 nitrogen and oxygen atoms in total. The van der Waals surface area contributed by atoms with Crippen molar-refractivity contribution in [3.05, 3.63) is 34.9 Å². The van der Waals surface area contributed by atoms with Crippen molar-refractivity contribution in [2.45, 2.75) is 19.4 Å². The molecule has 23 heavy (non-hydrogen) atoms. The van der Waals surface area contributed by atoms with E-state index in [0.717, 1.165) is 5.56 Å². The highest BCUT2D eigenvalue weighted by molar-refractivity contribution is 6.30. The second kappa shape index (κ2) is 7.19. The van der Waals surface area contributed by atoms with Crippen molar-refractivity contribution in [3.63, 3.8) is 0 Å². The Labute approximate surface area is 140 Å². The number of ether oxygens (including phenoxy) is 1. The molecule has 2 amide bonds. The average molecular weight is 341 g/mol. The first-order chi connectivity index (χ1) is 10.9. The van der Waals surface area contributed by atoms with Crippen LogP contribution < -0.4 is 5.32 Å². The van der Waals surface area contributed by atoms with Crippen molar-refractivity contribution in [1.82, 2.24) is 10.2 Å². The predicted molar refractivity (Wildman–Crippen MR) is 86.5 cm³/mol. The third-order valence-electron chi connectivity index (χ3n) is 4.16. The molecule has 0 aliphatic carbocycles. The number of carbonyl (C=O) groups excluding carboxylic acids is 1. The van der Waals surface area contributed by atoms with E-state index in [1.165, 1.54) is 4.90 Å². The summed E-state index contributed by atoms with van der Waals surface area (Å²) in [6, 6.07) is 6.57. The highest BCUT2D eigenvalue weighted by Crippen LogP contribution is 2.30. The molecular weight excluding hydrogens is 320 g/mol. The molecule has 2 N–H and O–H groups in total. The van der Waals surface area contributed by atoms with Crippen LogP contribution in [0, 0.1) is 5.41 Å². The van der Waals surface area contributed by atoms with Crippen LogP contribution in [0.3, 0.4) is 0 Å². The number of nitrogens with zero attached hydrogens (tertiary/aromatic N) is 1. The van der Waals surface area contributed by atoms with Crippen molar-refractivity contribution in [1.29, 1.82) is 0 Å². The molecule has 1 aliphatic rings. The summed E-state index contributed by atoms with van der Waals surface area (Å²) in [5.41, 5.74) is -0.0441.